The summed E-state index contributed by atoms with van der Waals surface area (Å²) >= 11 is 0. The lowest BCUT2D eigenvalue weighted by molar-refractivity contribution is -0.136. The molecule has 3 fully saturated rings. The van der Waals surface area contributed by atoms with Crippen molar-refractivity contribution >= 4 is 29.4 Å². The lowest BCUT2D eigenvalue weighted by atomic mass is 9.83. The van der Waals surface area contributed by atoms with Crippen LogP contribution in [0, 0.1) is 0 Å². The topological polar surface area (TPSA) is 98.8 Å². The third-order valence-electron chi connectivity index (χ3n) is 6.93. The second-order valence-electron chi connectivity index (χ2n) is 8.54. The molecule has 3 aliphatic heterocycles. The first-order valence-corrected chi connectivity index (χ1v) is 10.3. The number of imide groups is 1. The second-order valence-corrected chi connectivity index (χ2v) is 8.54. The summed E-state index contributed by atoms with van der Waals surface area (Å²) in [6.07, 6.45) is 6.18. The zero-order valence-corrected chi connectivity index (χ0v) is 16.2. The molecule has 1 saturated carbocycles. The molecule has 1 atom stereocenters. The molecule has 8 heteroatoms. The number of benzene rings is 1. The molecule has 1 unspecified atom stereocenters. The van der Waals surface area contributed by atoms with Crippen LogP contribution >= 0.6 is 0 Å². The maximum atomic E-state index is 12.8. The maximum absolute atomic E-state index is 12.8. The van der Waals surface area contributed by atoms with Gasteiger partial charge in [0, 0.05) is 36.3 Å². The molecular formula is C21H24N4O4. The monoisotopic (exact) mass is 396 g/mol. The van der Waals surface area contributed by atoms with Crippen molar-refractivity contribution in [2.45, 2.75) is 63.1 Å². The summed E-state index contributed by atoms with van der Waals surface area (Å²) in [5, 5.41) is 5.29. The van der Waals surface area contributed by atoms with Gasteiger partial charge >= 0.3 is 6.03 Å². The summed E-state index contributed by atoms with van der Waals surface area (Å²) in [7, 11) is 0. The third kappa shape index (κ3) is 2.89. The van der Waals surface area contributed by atoms with E-state index in [4.69, 9.17) is 0 Å². The van der Waals surface area contributed by atoms with Crippen LogP contribution in [0.1, 0.15) is 60.9 Å². The average Bonchev–Trinajstić information content (AvgIpc) is 3.28. The number of anilines is 1. The molecule has 1 aromatic carbocycles. The van der Waals surface area contributed by atoms with Crippen molar-refractivity contribution in [3.63, 3.8) is 0 Å². The van der Waals surface area contributed by atoms with Crippen LogP contribution in [-0.2, 0) is 16.1 Å². The smallest absolute Gasteiger partial charge is 0.322 e. The lowest BCUT2D eigenvalue weighted by Crippen LogP contribution is -2.61. The minimum Gasteiger partial charge on any atom is -0.322 e. The van der Waals surface area contributed by atoms with Crippen molar-refractivity contribution < 1.29 is 19.2 Å². The summed E-state index contributed by atoms with van der Waals surface area (Å²) < 4.78 is 0. The largest absolute Gasteiger partial charge is 0.322 e. The zero-order valence-electron chi connectivity index (χ0n) is 16.2. The van der Waals surface area contributed by atoms with Gasteiger partial charge in [-0.25, -0.2) is 4.79 Å². The Morgan fingerprint density at radius 1 is 1.14 bits per heavy atom. The molecule has 0 radical (unpaired) electrons. The molecule has 1 aliphatic carbocycles. The fraction of sp³-hybridized carbons (Fsp3) is 0.524. The normalized spacial score (nSPS) is 25.1. The van der Waals surface area contributed by atoms with Crippen LogP contribution in [0.5, 0.6) is 0 Å². The first-order valence-electron chi connectivity index (χ1n) is 10.3. The van der Waals surface area contributed by atoms with E-state index in [0.717, 1.165) is 31.4 Å². The lowest BCUT2D eigenvalue weighted by Gasteiger charge is -2.50. The van der Waals surface area contributed by atoms with E-state index in [0.29, 0.717) is 24.2 Å². The highest BCUT2D eigenvalue weighted by Gasteiger charge is 2.48. The zero-order chi connectivity index (χ0) is 20.2. The quantitative estimate of drug-likeness (QED) is 0.747. The number of hydrogen-bond acceptors (Lipinski definition) is 4. The minimum absolute atomic E-state index is 0.0549. The SMILES string of the molecule is O=C1CCC(N2Cc3cc(NC(=O)N4CCC45CCCC5)ccc3C2=O)C(=O)N1. The first-order chi connectivity index (χ1) is 14.0. The van der Waals surface area contributed by atoms with Crippen LogP contribution in [0.15, 0.2) is 18.2 Å². The van der Waals surface area contributed by atoms with Crippen LogP contribution in [0.25, 0.3) is 0 Å². The Balaban J connectivity index is 1.29. The Labute approximate surface area is 168 Å². The number of rotatable bonds is 2. The summed E-state index contributed by atoms with van der Waals surface area (Å²) in [5.41, 5.74) is 2.05. The molecule has 2 saturated heterocycles. The molecule has 29 heavy (non-hydrogen) atoms. The predicted octanol–water partition coefficient (Wildman–Crippen LogP) is 2.00. The van der Waals surface area contributed by atoms with Crippen molar-refractivity contribution in [3.05, 3.63) is 29.3 Å². The van der Waals surface area contributed by atoms with Crippen molar-refractivity contribution in [2.75, 3.05) is 11.9 Å². The van der Waals surface area contributed by atoms with E-state index >= 15 is 0 Å². The number of likely N-dealkylation sites (tertiary alicyclic amines) is 1. The van der Waals surface area contributed by atoms with Gasteiger partial charge in [0.05, 0.1) is 0 Å². The molecular weight excluding hydrogens is 372 g/mol. The summed E-state index contributed by atoms with van der Waals surface area (Å²) in [6.45, 7) is 1.09. The van der Waals surface area contributed by atoms with Gasteiger partial charge in [0.2, 0.25) is 11.8 Å². The Kier molecular flexibility index (Phi) is 4.11. The summed E-state index contributed by atoms with van der Waals surface area (Å²) in [5.74, 6) is -0.929. The van der Waals surface area contributed by atoms with E-state index in [1.165, 1.54) is 17.7 Å². The summed E-state index contributed by atoms with van der Waals surface area (Å²) in [6, 6.07) is 4.56. The Morgan fingerprint density at radius 3 is 2.62 bits per heavy atom. The number of hydrogen-bond donors (Lipinski definition) is 2. The van der Waals surface area contributed by atoms with Gasteiger partial charge in [-0.3, -0.25) is 19.7 Å². The molecule has 2 N–H and O–H groups in total. The van der Waals surface area contributed by atoms with Gasteiger partial charge in [-0.2, -0.15) is 0 Å². The van der Waals surface area contributed by atoms with Crippen molar-refractivity contribution in [1.82, 2.24) is 15.1 Å². The van der Waals surface area contributed by atoms with Gasteiger partial charge in [-0.05, 0) is 49.4 Å². The van der Waals surface area contributed by atoms with E-state index in [9.17, 15) is 19.2 Å². The van der Waals surface area contributed by atoms with Gasteiger partial charge < -0.3 is 15.1 Å². The standard InChI is InChI=1S/C21H24N4O4/c26-17-6-5-16(18(27)23-17)24-12-13-11-14(3-4-15(13)19(24)28)22-20(29)25-10-9-21(25)7-1-2-8-21/h3-4,11,16H,1-2,5-10,12H2,(H,22,29)(H,23,26,27). The number of piperidine rings is 1. The predicted molar refractivity (Wildman–Crippen MR) is 104 cm³/mol. The Hall–Kier alpha value is -2.90. The van der Waals surface area contributed by atoms with Crippen LogP contribution in [0.3, 0.4) is 0 Å². The van der Waals surface area contributed by atoms with Crippen molar-refractivity contribution in [2.24, 2.45) is 0 Å². The maximum Gasteiger partial charge on any atom is 0.322 e. The molecule has 3 heterocycles. The van der Waals surface area contributed by atoms with Gasteiger partial charge in [-0.15, -0.1) is 0 Å². The molecule has 4 aliphatic rings. The number of nitrogens with one attached hydrogen (secondary N) is 2. The highest BCUT2D eigenvalue weighted by molar-refractivity contribution is 6.05. The number of urea groups is 1. The minimum atomic E-state index is -0.631. The fourth-order valence-electron chi connectivity index (χ4n) is 5.25. The molecule has 0 aromatic heterocycles. The molecule has 8 nitrogen and oxygen atoms in total. The highest BCUT2D eigenvalue weighted by Crippen LogP contribution is 2.44. The van der Waals surface area contributed by atoms with Crippen molar-refractivity contribution in [3.8, 4) is 0 Å². The fourth-order valence-corrected chi connectivity index (χ4v) is 5.25. The van der Waals surface area contributed by atoms with Crippen LogP contribution in [-0.4, -0.2) is 51.7 Å². The first kappa shape index (κ1) is 18.1. The van der Waals surface area contributed by atoms with Crippen LogP contribution in [0.4, 0.5) is 10.5 Å². The number of carbonyl (C=O) groups is 4. The third-order valence-corrected chi connectivity index (χ3v) is 6.93. The van der Waals surface area contributed by atoms with E-state index in [-0.39, 0.29) is 29.8 Å². The number of fused-ring (bicyclic) bond motifs is 1. The second kappa shape index (κ2) is 6.57. The van der Waals surface area contributed by atoms with E-state index in [2.05, 4.69) is 10.6 Å². The van der Waals surface area contributed by atoms with Gasteiger partial charge in [0.25, 0.3) is 5.91 Å². The number of amides is 5. The summed E-state index contributed by atoms with van der Waals surface area (Å²) in [4.78, 5) is 52.5. The Morgan fingerprint density at radius 2 is 1.93 bits per heavy atom. The number of carbonyl (C=O) groups excluding carboxylic acids is 4. The van der Waals surface area contributed by atoms with E-state index in [1.807, 2.05) is 11.0 Å². The molecule has 152 valence electrons. The molecule has 1 aromatic rings. The average molecular weight is 396 g/mol. The number of nitrogens with zero attached hydrogens (tertiary/aromatic N) is 2. The van der Waals surface area contributed by atoms with Gasteiger partial charge in [-0.1, -0.05) is 12.8 Å². The van der Waals surface area contributed by atoms with E-state index in [1.54, 1.807) is 12.1 Å². The highest BCUT2D eigenvalue weighted by atomic mass is 16.2. The van der Waals surface area contributed by atoms with Gasteiger partial charge in [0.1, 0.15) is 6.04 Å². The van der Waals surface area contributed by atoms with Crippen LogP contribution < -0.4 is 10.6 Å². The molecule has 1 spiro atoms. The van der Waals surface area contributed by atoms with Crippen LogP contribution in [0.2, 0.25) is 0 Å². The van der Waals surface area contributed by atoms with Crippen molar-refractivity contribution in [1.29, 1.82) is 0 Å². The van der Waals surface area contributed by atoms with E-state index < -0.39 is 11.9 Å². The Bertz CT molecular complexity index is 921. The molecule has 5 amide bonds. The molecule has 5 rings (SSSR count). The molecule has 0 bridgehead atoms. The van der Waals surface area contributed by atoms with Gasteiger partial charge in [0.15, 0.2) is 0 Å².